The molecule has 4 rings (SSSR count). The van der Waals surface area contributed by atoms with Crippen LogP contribution in [0.25, 0.3) is 11.2 Å². The van der Waals surface area contributed by atoms with E-state index < -0.39 is 11.2 Å². The van der Waals surface area contributed by atoms with E-state index in [0.29, 0.717) is 40.9 Å². The molecular formula is C23H30N4O4S. The van der Waals surface area contributed by atoms with Crippen molar-refractivity contribution in [2.45, 2.75) is 79.0 Å². The molecule has 0 aromatic carbocycles. The average molecular weight is 459 g/mol. The molecule has 0 spiro atoms. The Labute approximate surface area is 190 Å². The van der Waals surface area contributed by atoms with Gasteiger partial charge in [-0.2, -0.15) is 0 Å². The molecule has 3 aromatic heterocycles. The molecule has 1 unspecified atom stereocenters. The normalized spacial score (nSPS) is 15.8. The summed E-state index contributed by atoms with van der Waals surface area (Å²) in [7, 11) is 0. The monoisotopic (exact) mass is 458 g/mol. The highest BCUT2D eigenvalue weighted by Crippen LogP contribution is 2.34. The zero-order valence-electron chi connectivity index (χ0n) is 18.9. The van der Waals surface area contributed by atoms with E-state index in [9.17, 15) is 14.4 Å². The number of aromatic amines is 1. The fraction of sp³-hybridized carbons (Fsp3) is 0.565. The Hall–Kier alpha value is -2.68. The number of aryl methyl sites for hydroxylation is 3. The van der Waals surface area contributed by atoms with Gasteiger partial charge in [0, 0.05) is 18.0 Å². The van der Waals surface area contributed by atoms with Crippen LogP contribution in [-0.2, 0) is 37.3 Å². The quantitative estimate of drug-likeness (QED) is 0.520. The lowest BCUT2D eigenvalue weighted by Crippen LogP contribution is -2.31. The van der Waals surface area contributed by atoms with Crippen molar-refractivity contribution in [1.82, 2.24) is 19.1 Å². The van der Waals surface area contributed by atoms with Crippen molar-refractivity contribution >= 4 is 28.5 Å². The van der Waals surface area contributed by atoms with Crippen molar-refractivity contribution in [1.29, 1.82) is 0 Å². The number of carbonyl (C=O) groups excluding carboxylic acids is 1. The average Bonchev–Trinajstić information content (AvgIpc) is 3.38. The smallest absolute Gasteiger partial charge is 0.348 e. The maximum absolute atomic E-state index is 12.8. The summed E-state index contributed by atoms with van der Waals surface area (Å²) in [6.07, 6.45) is 6.09. The molecule has 1 aliphatic carbocycles. The molecule has 0 radical (unpaired) electrons. The maximum atomic E-state index is 12.8. The second kappa shape index (κ2) is 9.44. The first-order valence-electron chi connectivity index (χ1n) is 11.5. The minimum absolute atomic E-state index is 0.0527. The Balaban J connectivity index is 1.59. The third-order valence-electron chi connectivity index (χ3n) is 6.31. The number of nitrogens with zero attached hydrogens (tertiary/aromatic N) is 3. The van der Waals surface area contributed by atoms with Gasteiger partial charge in [0.25, 0.3) is 5.56 Å². The first-order valence-corrected chi connectivity index (χ1v) is 12.3. The summed E-state index contributed by atoms with van der Waals surface area (Å²) in [5, 5.41) is 0. The number of thiophene rings is 1. The molecule has 0 saturated carbocycles. The Kier molecular flexibility index (Phi) is 6.64. The van der Waals surface area contributed by atoms with Gasteiger partial charge >= 0.3 is 11.7 Å². The topological polar surface area (TPSA) is 99.0 Å². The molecule has 1 atom stereocenters. The van der Waals surface area contributed by atoms with E-state index in [1.54, 1.807) is 4.57 Å². The third kappa shape index (κ3) is 4.18. The Morgan fingerprint density at radius 1 is 1.28 bits per heavy atom. The van der Waals surface area contributed by atoms with Gasteiger partial charge in [0.05, 0.1) is 0 Å². The zero-order valence-corrected chi connectivity index (χ0v) is 19.7. The standard InChI is InChI=1S/C23H30N4O4S/c1-4-7-10-27-20-19(21(28)25-23(27)30)26(6-3)18(24-20)13-31-22(29)17-12-15-11-14(5-2)8-9-16(15)32-17/h12,14H,4-11,13H2,1-3H3,(H,25,28,30). The highest BCUT2D eigenvalue weighted by Gasteiger charge is 2.24. The molecule has 1 N–H and O–H groups in total. The van der Waals surface area contributed by atoms with Crippen molar-refractivity contribution in [2.24, 2.45) is 5.92 Å². The lowest BCUT2D eigenvalue weighted by atomic mass is 9.87. The number of unbranched alkanes of at least 4 members (excludes halogenated alkanes) is 1. The predicted molar refractivity (Wildman–Crippen MR) is 124 cm³/mol. The second-order valence-electron chi connectivity index (χ2n) is 8.36. The van der Waals surface area contributed by atoms with Crippen LogP contribution in [0, 0.1) is 5.92 Å². The van der Waals surface area contributed by atoms with Crippen molar-refractivity contribution in [3.63, 3.8) is 0 Å². The molecule has 9 heteroatoms. The van der Waals surface area contributed by atoms with E-state index in [0.717, 1.165) is 32.1 Å². The van der Waals surface area contributed by atoms with Gasteiger partial charge in [-0.3, -0.25) is 14.3 Å². The van der Waals surface area contributed by atoms with E-state index in [4.69, 9.17) is 4.74 Å². The van der Waals surface area contributed by atoms with Crippen LogP contribution in [0.2, 0.25) is 0 Å². The van der Waals surface area contributed by atoms with E-state index in [1.165, 1.54) is 32.8 Å². The number of H-pyrrole nitrogens is 1. The molecule has 1 aliphatic rings. The lowest BCUT2D eigenvalue weighted by Gasteiger charge is -2.19. The summed E-state index contributed by atoms with van der Waals surface area (Å²) in [6, 6.07) is 1.97. The number of fused-ring (bicyclic) bond motifs is 2. The Morgan fingerprint density at radius 3 is 2.81 bits per heavy atom. The number of rotatable bonds is 8. The minimum Gasteiger partial charge on any atom is -0.453 e. The van der Waals surface area contributed by atoms with Crippen LogP contribution in [0.15, 0.2) is 15.7 Å². The molecule has 0 amide bonds. The first-order chi connectivity index (χ1) is 15.5. The number of carbonyl (C=O) groups is 1. The van der Waals surface area contributed by atoms with Gasteiger partial charge < -0.3 is 9.30 Å². The summed E-state index contributed by atoms with van der Waals surface area (Å²) in [5.74, 6) is 0.780. The number of nitrogens with one attached hydrogen (secondary N) is 1. The fourth-order valence-electron chi connectivity index (χ4n) is 4.44. The highest BCUT2D eigenvalue weighted by atomic mass is 32.1. The molecule has 0 aliphatic heterocycles. The van der Waals surface area contributed by atoms with Crippen LogP contribution in [0.1, 0.15) is 72.4 Å². The zero-order chi connectivity index (χ0) is 22.8. The van der Waals surface area contributed by atoms with E-state index in [2.05, 4.69) is 16.9 Å². The molecule has 32 heavy (non-hydrogen) atoms. The lowest BCUT2D eigenvalue weighted by molar-refractivity contribution is 0.0464. The van der Waals surface area contributed by atoms with Gasteiger partial charge in [0.1, 0.15) is 17.3 Å². The van der Waals surface area contributed by atoms with Crippen LogP contribution >= 0.6 is 11.3 Å². The molecule has 3 heterocycles. The Morgan fingerprint density at radius 2 is 2.09 bits per heavy atom. The maximum Gasteiger partial charge on any atom is 0.348 e. The highest BCUT2D eigenvalue weighted by molar-refractivity contribution is 7.14. The van der Waals surface area contributed by atoms with Gasteiger partial charge in [-0.1, -0.05) is 26.7 Å². The van der Waals surface area contributed by atoms with E-state index >= 15 is 0 Å². The van der Waals surface area contributed by atoms with Crippen LogP contribution in [0.3, 0.4) is 0 Å². The van der Waals surface area contributed by atoms with Crippen molar-refractivity contribution in [3.05, 3.63) is 48.0 Å². The van der Waals surface area contributed by atoms with Gasteiger partial charge in [0.15, 0.2) is 11.2 Å². The summed E-state index contributed by atoms with van der Waals surface area (Å²) in [5.41, 5.74) is 1.02. The predicted octanol–water partition coefficient (Wildman–Crippen LogP) is 3.64. The van der Waals surface area contributed by atoms with Crippen LogP contribution in [0.4, 0.5) is 0 Å². The molecule has 8 nitrogen and oxygen atoms in total. The van der Waals surface area contributed by atoms with Crippen LogP contribution < -0.4 is 11.2 Å². The van der Waals surface area contributed by atoms with Gasteiger partial charge in [-0.05, 0) is 50.2 Å². The van der Waals surface area contributed by atoms with Gasteiger partial charge in [-0.25, -0.2) is 14.6 Å². The SMILES string of the molecule is CCCCn1c(=O)[nH]c(=O)c2c1nc(COC(=O)c1cc3c(s1)CCC(CC)C3)n2CC. The molecule has 0 saturated heterocycles. The minimum atomic E-state index is -0.471. The molecular weight excluding hydrogens is 428 g/mol. The number of hydrogen-bond acceptors (Lipinski definition) is 6. The molecule has 0 fully saturated rings. The largest absolute Gasteiger partial charge is 0.453 e. The van der Waals surface area contributed by atoms with Gasteiger partial charge in [0.2, 0.25) is 0 Å². The number of esters is 1. The van der Waals surface area contributed by atoms with Crippen LogP contribution in [-0.4, -0.2) is 25.1 Å². The summed E-state index contributed by atoms with van der Waals surface area (Å²) >= 11 is 1.52. The molecule has 0 bridgehead atoms. The third-order valence-corrected chi connectivity index (χ3v) is 7.53. The molecule has 3 aromatic rings. The summed E-state index contributed by atoms with van der Waals surface area (Å²) in [6.45, 7) is 7.04. The molecule has 172 valence electrons. The second-order valence-corrected chi connectivity index (χ2v) is 9.50. The number of aromatic nitrogens is 4. The van der Waals surface area contributed by atoms with Crippen molar-refractivity contribution in [3.8, 4) is 0 Å². The Bertz CT molecular complexity index is 1250. The van der Waals surface area contributed by atoms with E-state index in [1.807, 2.05) is 19.9 Å². The summed E-state index contributed by atoms with van der Waals surface area (Å²) in [4.78, 5) is 46.4. The van der Waals surface area contributed by atoms with E-state index in [-0.39, 0.29) is 12.6 Å². The van der Waals surface area contributed by atoms with Gasteiger partial charge in [-0.15, -0.1) is 11.3 Å². The summed E-state index contributed by atoms with van der Waals surface area (Å²) < 4.78 is 8.81. The first kappa shape index (κ1) is 22.5. The van der Waals surface area contributed by atoms with Crippen molar-refractivity contribution < 1.29 is 9.53 Å². The van der Waals surface area contributed by atoms with Crippen molar-refractivity contribution in [2.75, 3.05) is 0 Å². The number of hydrogen-bond donors (Lipinski definition) is 1. The number of imidazole rings is 1. The number of ether oxygens (including phenoxy) is 1. The van der Waals surface area contributed by atoms with Crippen LogP contribution in [0.5, 0.6) is 0 Å². The fourth-order valence-corrected chi connectivity index (χ4v) is 5.54.